The summed E-state index contributed by atoms with van der Waals surface area (Å²) in [5.41, 5.74) is -0.0619. The summed E-state index contributed by atoms with van der Waals surface area (Å²) in [6.45, 7) is -0.766. The third-order valence-corrected chi connectivity index (χ3v) is 13.7. The van der Waals surface area contributed by atoms with E-state index in [9.17, 15) is 8.78 Å². The third-order valence-electron chi connectivity index (χ3n) is 6.56. The summed E-state index contributed by atoms with van der Waals surface area (Å²) in [6.07, 6.45) is -2.22. The summed E-state index contributed by atoms with van der Waals surface area (Å²) in [7, 11) is 0. The summed E-state index contributed by atoms with van der Waals surface area (Å²) >= 11 is 0. The van der Waals surface area contributed by atoms with Crippen LogP contribution in [0.3, 0.4) is 0 Å². The first-order valence-electron chi connectivity index (χ1n) is 9.51. The maximum absolute atomic E-state index is 14.5. The Labute approximate surface area is 160 Å². The number of benzene rings is 3. The van der Waals surface area contributed by atoms with Crippen LogP contribution in [0.25, 0.3) is 0 Å². The molecular weight excluding hydrogens is 357 g/mol. The van der Waals surface area contributed by atoms with Crippen LogP contribution in [0.1, 0.15) is 12.8 Å². The molecule has 0 amide bonds. The average Bonchev–Trinajstić information content (AvgIpc) is 3.09. The second-order valence-corrected chi connectivity index (χ2v) is 13.4. The monoisotopic (exact) mass is 382 g/mol. The van der Waals surface area contributed by atoms with Crippen molar-refractivity contribution in [2.45, 2.75) is 30.8 Å². The van der Waals surface area contributed by atoms with Gasteiger partial charge in [-0.05, 0) is 0 Å². The van der Waals surface area contributed by atoms with Gasteiger partial charge in [0.15, 0.2) is 0 Å². The molecule has 0 bridgehead atoms. The van der Waals surface area contributed by atoms with Crippen molar-refractivity contribution in [1.29, 1.82) is 0 Å². The summed E-state index contributed by atoms with van der Waals surface area (Å²) < 4.78 is 28.9. The summed E-state index contributed by atoms with van der Waals surface area (Å²) in [5, 5.41) is 3.60. The fraction of sp³-hybridized carbons (Fsp3) is 0.250. The first kappa shape index (κ1) is 18.3. The van der Waals surface area contributed by atoms with Crippen molar-refractivity contribution in [2.75, 3.05) is 6.66 Å². The van der Waals surface area contributed by atoms with Gasteiger partial charge < -0.3 is 0 Å². The van der Waals surface area contributed by atoms with Crippen molar-refractivity contribution < 1.29 is 8.78 Å². The third kappa shape index (κ3) is 2.65. The molecule has 0 radical (unpaired) electrons. The van der Waals surface area contributed by atoms with E-state index in [0.29, 0.717) is 0 Å². The molecule has 140 valence electrons. The Kier molecular flexibility index (Phi) is 4.64. The van der Waals surface area contributed by atoms with Gasteiger partial charge in [0.1, 0.15) is 0 Å². The molecule has 3 aromatic rings. The summed E-state index contributed by atoms with van der Waals surface area (Å²) in [6, 6.07) is 31.2. The summed E-state index contributed by atoms with van der Waals surface area (Å²) in [4.78, 5) is 0. The van der Waals surface area contributed by atoms with Crippen molar-refractivity contribution in [3.63, 3.8) is 0 Å². The Morgan fingerprint density at radius 1 is 0.593 bits per heavy atom. The molecule has 0 heterocycles. The van der Waals surface area contributed by atoms with Gasteiger partial charge in [0.05, 0.1) is 0 Å². The van der Waals surface area contributed by atoms with Gasteiger partial charge >= 0.3 is 160 Å². The second kappa shape index (κ2) is 6.84. The molecule has 3 heteroatoms. The molecule has 27 heavy (non-hydrogen) atoms. The number of hydrogen-bond donors (Lipinski definition) is 0. The van der Waals surface area contributed by atoms with E-state index in [1.165, 1.54) is 15.9 Å². The van der Waals surface area contributed by atoms with Gasteiger partial charge in [-0.25, -0.2) is 0 Å². The van der Waals surface area contributed by atoms with Gasteiger partial charge in [-0.3, -0.25) is 0 Å². The van der Waals surface area contributed by atoms with Crippen molar-refractivity contribution in [2.24, 2.45) is 0 Å². The van der Waals surface area contributed by atoms with E-state index in [1.54, 1.807) is 0 Å². The molecule has 1 unspecified atom stereocenters. The minimum atomic E-state index is -3.07. The standard InChI is InChI=1S/C24H25F2P/c1-27(19-11-5-2-6-12-19,20-13-7-3-8-14-20,21-15-9-4-10-16-21)22-17-23(25)24(26)18-22/h2-16,22-24H,17-18H2,1H3/t22?,23-,24+. The molecule has 0 saturated heterocycles. The van der Waals surface area contributed by atoms with Crippen LogP contribution in [0.5, 0.6) is 0 Å². The average molecular weight is 382 g/mol. The van der Waals surface area contributed by atoms with Gasteiger partial charge in [-0.15, -0.1) is 0 Å². The molecule has 0 N–H and O–H groups in total. The normalized spacial score (nSPS) is 24.3. The first-order valence-corrected chi connectivity index (χ1v) is 12.3. The Bertz CT molecular complexity index is 786. The van der Waals surface area contributed by atoms with Crippen LogP contribution in [0.4, 0.5) is 8.78 Å². The Morgan fingerprint density at radius 2 is 0.889 bits per heavy atom. The van der Waals surface area contributed by atoms with Crippen molar-refractivity contribution in [1.82, 2.24) is 0 Å². The van der Waals surface area contributed by atoms with Crippen molar-refractivity contribution in [3.05, 3.63) is 91.0 Å². The zero-order chi connectivity index (χ0) is 18.9. The maximum atomic E-state index is 14.5. The number of alkyl halides is 2. The van der Waals surface area contributed by atoms with E-state index in [1.807, 2.05) is 54.6 Å². The fourth-order valence-electron chi connectivity index (χ4n) is 4.95. The molecular formula is C24H25F2P. The first-order chi connectivity index (χ1) is 13.1. The summed E-state index contributed by atoms with van der Waals surface area (Å²) in [5.74, 6) is 0. The Balaban J connectivity index is 2.10. The number of halogens is 2. The molecule has 4 rings (SSSR count). The van der Waals surface area contributed by atoms with Crippen LogP contribution in [-0.2, 0) is 0 Å². The predicted octanol–water partition coefficient (Wildman–Crippen LogP) is 4.98. The number of rotatable bonds is 4. The van der Waals surface area contributed by atoms with Gasteiger partial charge in [0.2, 0.25) is 0 Å². The quantitative estimate of drug-likeness (QED) is 0.558. The topological polar surface area (TPSA) is 0 Å². The molecule has 0 spiro atoms. The molecule has 0 aromatic heterocycles. The molecule has 0 nitrogen and oxygen atoms in total. The molecule has 1 aliphatic rings. The Hall–Kier alpha value is -2.05. The molecule has 3 atom stereocenters. The molecule has 3 aromatic carbocycles. The van der Waals surface area contributed by atoms with Gasteiger partial charge in [-0.1, -0.05) is 0 Å². The zero-order valence-electron chi connectivity index (χ0n) is 15.5. The van der Waals surface area contributed by atoms with Crippen LogP contribution >= 0.6 is 6.60 Å². The molecule has 1 fully saturated rings. The van der Waals surface area contributed by atoms with Crippen LogP contribution in [0.2, 0.25) is 0 Å². The van der Waals surface area contributed by atoms with E-state index in [0.717, 1.165) is 0 Å². The molecule has 1 aliphatic carbocycles. The minimum absolute atomic E-state index is 0.0619. The van der Waals surface area contributed by atoms with E-state index in [-0.39, 0.29) is 18.5 Å². The predicted molar refractivity (Wildman–Crippen MR) is 114 cm³/mol. The van der Waals surface area contributed by atoms with Gasteiger partial charge in [0, 0.05) is 0 Å². The van der Waals surface area contributed by atoms with Gasteiger partial charge in [-0.2, -0.15) is 0 Å². The van der Waals surface area contributed by atoms with Crippen molar-refractivity contribution >= 4 is 22.5 Å². The van der Waals surface area contributed by atoms with Crippen LogP contribution in [0, 0.1) is 0 Å². The van der Waals surface area contributed by atoms with Crippen molar-refractivity contribution in [3.8, 4) is 0 Å². The van der Waals surface area contributed by atoms with Gasteiger partial charge in [0.25, 0.3) is 0 Å². The molecule has 1 saturated carbocycles. The fourth-order valence-corrected chi connectivity index (χ4v) is 11.4. The second-order valence-electron chi connectivity index (χ2n) is 7.82. The van der Waals surface area contributed by atoms with E-state index in [2.05, 4.69) is 43.1 Å². The SMILES string of the molecule is CP(c1ccccc1)(c1ccccc1)(c1ccccc1)C1C[C@@H](F)[C@@H](F)C1. The molecule has 0 aliphatic heterocycles. The Morgan fingerprint density at radius 3 is 1.19 bits per heavy atom. The van der Waals surface area contributed by atoms with E-state index < -0.39 is 18.9 Å². The van der Waals surface area contributed by atoms with E-state index in [4.69, 9.17) is 0 Å². The van der Waals surface area contributed by atoms with Crippen LogP contribution in [-0.4, -0.2) is 24.7 Å². The number of hydrogen-bond acceptors (Lipinski definition) is 0. The van der Waals surface area contributed by atoms with Crippen LogP contribution in [0.15, 0.2) is 91.0 Å². The zero-order valence-corrected chi connectivity index (χ0v) is 16.4. The van der Waals surface area contributed by atoms with E-state index >= 15 is 0 Å². The van der Waals surface area contributed by atoms with Crippen LogP contribution < -0.4 is 15.9 Å².